The van der Waals surface area contributed by atoms with E-state index in [4.69, 9.17) is 4.74 Å². The summed E-state index contributed by atoms with van der Waals surface area (Å²) < 4.78 is 5.11. The zero-order valence-electron chi connectivity index (χ0n) is 10.3. The van der Waals surface area contributed by atoms with Gasteiger partial charge in [0.2, 0.25) is 0 Å². The van der Waals surface area contributed by atoms with E-state index in [9.17, 15) is 9.90 Å². The van der Waals surface area contributed by atoms with E-state index in [0.717, 1.165) is 25.8 Å². The van der Waals surface area contributed by atoms with Gasteiger partial charge in [0.1, 0.15) is 0 Å². The Labute approximate surface area is 97.6 Å². The van der Waals surface area contributed by atoms with E-state index in [1.807, 2.05) is 4.90 Å². The summed E-state index contributed by atoms with van der Waals surface area (Å²) in [6.07, 6.45) is 3.01. The molecule has 2 unspecified atom stereocenters. The molecule has 16 heavy (non-hydrogen) atoms. The van der Waals surface area contributed by atoms with Crippen LogP contribution in [0.1, 0.15) is 33.1 Å². The van der Waals surface area contributed by atoms with Crippen LogP contribution >= 0.6 is 0 Å². The van der Waals surface area contributed by atoms with Gasteiger partial charge in [0.15, 0.2) is 0 Å². The van der Waals surface area contributed by atoms with Crippen molar-refractivity contribution in [2.45, 2.75) is 39.2 Å². The highest BCUT2D eigenvalue weighted by molar-refractivity contribution is 5.71. The fourth-order valence-electron chi connectivity index (χ4n) is 2.12. The largest absolute Gasteiger partial charge is 0.465 e. The van der Waals surface area contributed by atoms with Crippen LogP contribution in [0.3, 0.4) is 0 Å². The summed E-state index contributed by atoms with van der Waals surface area (Å²) in [5, 5.41) is 9.24. The maximum Gasteiger partial charge on any atom is 0.320 e. The molecule has 1 heterocycles. The van der Waals surface area contributed by atoms with Gasteiger partial charge in [0.25, 0.3) is 0 Å². The monoisotopic (exact) mass is 229 g/mol. The van der Waals surface area contributed by atoms with Gasteiger partial charge >= 0.3 is 5.97 Å². The Balaban J connectivity index is 2.28. The predicted molar refractivity (Wildman–Crippen MR) is 62.1 cm³/mol. The van der Waals surface area contributed by atoms with Crippen molar-refractivity contribution in [1.29, 1.82) is 0 Å². The molecule has 0 amide bonds. The first-order valence-corrected chi connectivity index (χ1v) is 6.19. The highest BCUT2D eigenvalue weighted by atomic mass is 16.5. The fourth-order valence-corrected chi connectivity index (χ4v) is 2.12. The van der Waals surface area contributed by atoms with Crippen molar-refractivity contribution in [1.82, 2.24) is 4.90 Å². The van der Waals surface area contributed by atoms with E-state index >= 15 is 0 Å². The van der Waals surface area contributed by atoms with Crippen LogP contribution in [0.2, 0.25) is 0 Å². The van der Waals surface area contributed by atoms with Crippen molar-refractivity contribution in [3.8, 4) is 0 Å². The van der Waals surface area contributed by atoms with Gasteiger partial charge in [-0.05, 0) is 25.3 Å². The second-order valence-electron chi connectivity index (χ2n) is 4.56. The van der Waals surface area contributed by atoms with Gasteiger partial charge in [0.05, 0.1) is 19.8 Å². The number of aliphatic hydroxyl groups excluding tert-OH is 1. The van der Waals surface area contributed by atoms with Crippen molar-refractivity contribution in [3.05, 3.63) is 0 Å². The number of hydrogen-bond donors (Lipinski definition) is 1. The molecule has 2 atom stereocenters. The second-order valence-corrected chi connectivity index (χ2v) is 4.56. The Morgan fingerprint density at radius 2 is 2.31 bits per heavy atom. The molecule has 0 aromatic heterocycles. The predicted octanol–water partition coefficient (Wildman–Crippen LogP) is 1.03. The van der Waals surface area contributed by atoms with Crippen molar-refractivity contribution >= 4 is 5.97 Å². The quantitative estimate of drug-likeness (QED) is 0.546. The van der Waals surface area contributed by atoms with Crippen LogP contribution in [0, 0.1) is 5.92 Å². The number of hydrogen-bond acceptors (Lipinski definition) is 4. The number of rotatable bonds is 6. The number of aliphatic hydroxyl groups is 1. The summed E-state index contributed by atoms with van der Waals surface area (Å²) in [7, 11) is 0. The molecule has 0 bridgehead atoms. The summed E-state index contributed by atoms with van der Waals surface area (Å²) >= 11 is 0. The van der Waals surface area contributed by atoms with Crippen LogP contribution in [-0.2, 0) is 9.53 Å². The Bertz CT molecular complexity index is 220. The Kier molecular flexibility index (Phi) is 5.77. The minimum absolute atomic E-state index is 0.124. The molecule has 1 saturated heterocycles. The fraction of sp³-hybridized carbons (Fsp3) is 0.917. The van der Waals surface area contributed by atoms with Gasteiger partial charge in [0, 0.05) is 6.04 Å². The van der Waals surface area contributed by atoms with Crippen molar-refractivity contribution in [2.75, 3.05) is 26.3 Å². The number of unbranched alkanes of at least 4 members (excludes halogenated alkanes) is 1. The van der Waals surface area contributed by atoms with E-state index in [2.05, 4.69) is 13.8 Å². The minimum atomic E-state index is -0.166. The lowest BCUT2D eigenvalue weighted by Gasteiger charge is -2.23. The van der Waals surface area contributed by atoms with Gasteiger partial charge in [-0.15, -0.1) is 0 Å². The van der Waals surface area contributed by atoms with E-state index < -0.39 is 0 Å². The third-order valence-corrected chi connectivity index (χ3v) is 3.28. The summed E-state index contributed by atoms with van der Waals surface area (Å²) in [5.74, 6) is 0.300. The van der Waals surface area contributed by atoms with Crippen LogP contribution in [-0.4, -0.2) is 48.3 Å². The maximum atomic E-state index is 11.5. The third kappa shape index (κ3) is 3.76. The van der Waals surface area contributed by atoms with Crippen molar-refractivity contribution in [2.24, 2.45) is 5.92 Å². The molecule has 0 saturated carbocycles. The van der Waals surface area contributed by atoms with Crippen LogP contribution in [0.25, 0.3) is 0 Å². The van der Waals surface area contributed by atoms with Gasteiger partial charge in [-0.2, -0.15) is 0 Å². The topological polar surface area (TPSA) is 49.8 Å². The third-order valence-electron chi connectivity index (χ3n) is 3.28. The molecular weight excluding hydrogens is 206 g/mol. The summed E-state index contributed by atoms with van der Waals surface area (Å²) in [6, 6.07) is 0.124. The molecule has 1 aliphatic rings. The van der Waals surface area contributed by atoms with Crippen LogP contribution in [0.4, 0.5) is 0 Å². The Morgan fingerprint density at radius 3 is 2.94 bits per heavy atom. The Hall–Kier alpha value is -0.610. The van der Waals surface area contributed by atoms with Crippen LogP contribution in [0.15, 0.2) is 0 Å². The van der Waals surface area contributed by atoms with Gasteiger partial charge in [-0.25, -0.2) is 0 Å². The summed E-state index contributed by atoms with van der Waals surface area (Å²) in [4.78, 5) is 13.5. The molecule has 1 rings (SSSR count). The molecule has 4 nitrogen and oxygen atoms in total. The SMILES string of the molecule is CCCCOC(=O)CN1CCC(C)C1CO. The minimum Gasteiger partial charge on any atom is -0.465 e. The molecule has 1 fully saturated rings. The number of esters is 1. The number of nitrogens with zero attached hydrogens (tertiary/aromatic N) is 1. The lowest BCUT2D eigenvalue weighted by Crippen LogP contribution is -2.39. The maximum absolute atomic E-state index is 11.5. The lowest BCUT2D eigenvalue weighted by atomic mass is 10.0. The highest BCUT2D eigenvalue weighted by Crippen LogP contribution is 2.22. The number of carbonyl (C=O) groups excluding carboxylic acids is 1. The molecule has 0 aliphatic carbocycles. The first kappa shape index (κ1) is 13.5. The van der Waals surface area contributed by atoms with Gasteiger partial charge in [-0.3, -0.25) is 9.69 Å². The molecule has 0 radical (unpaired) electrons. The molecule has 0 aromatic carbocycles. The van der Waals surface area contributed by atoms with E-state index in [0.29, 0.717) is 19.1 Å². The lowest BCUT2D eigenvalue weighted by molar-refractivity contribution is -0.145. The first-order valence-electron chi connectivity index (χ1n) is 6.19. The first-order chi connectivity index (χ1) is 7.69. The average molecular weight is 229 g/mol. The number of carbonyl (C=O) groups is 1. The average Bonchev–Trinajstić information content (AvgIpc) is 2.59. The van der Waals surface area contributed by atoms with E-state index in [1.165, 1.54) is 0 Å². The number of ether oxygens (including phenoxy) is 1. The van der Waals surface area contributed by atoms with Crippen LogP contribution < -0.4 is 0 Å². The molecule has 1 aliphatic heterocycles. The molecule has 4 heteroatoms. The van der Waals surface area contributed by atoms with E-state index in [1.54, 1.807) is 0 Å². The Morgan fingerprint density at radius 1 is 1.56 bits per heavy atom. The van der Waals surface area contributed by atoms with E-state index in [-0.39, 0.29) is 18.6 Å². The summed E-state index contributed by atoms with van der Waals surface area (Å²) in [5.41, 5.74) is 0. The second kappa shape index (κ2) is 6.86. The van der Waals surface area contributed by atoms with Crippen LogP contribution in [0.5, 0.6) is 0 Å². The van der Waals surface area contributed by atoms with Gasteiger partial charge < -0.3 is 9.84 Å². The molecular formula is C12H23NO3. The highest BCUT2D eigenvalue weighted by Gasteiger charge is 2.31. The van der Waals surface area contributed by atoms with Crippen molar-refractivity contribution in [3.63, 3.8) is 0 Å². The molecule has 1 N–H and O–H groups in total. The smallest absolute Gasteiger partial charge is 0.320 e. The van der Waals surface area contributed by atoms with Gasteiger partial charge in [-0.1, -0.05) is 20.3 Å². The molecule has 0 spiro atoms. The molecule has 94 valence electrons. The summed E-state index contributed by atoms with van der Waals surface area (Å²) in [6.45, 7) is 6.03. The normalized spacial score (nSPS) is 25.9. The number of likely N-dealkylation sites (tertiary alicyclic amines) is 1. The standard InChI is InChI=1S/C12H23NO3/c1-3-4-7-16-12(15)8-13-6-5-10(2)11(13)9-14/h10-11,14H,3-9H2,1-2H3. The zero-order valence-corrected chi connectivity index (χ0v) is 10.3. The van der Waals surface area contributed by atoms with Crippen molar-refractivity contribution < 1.29 is 14.6 Å². The molecule has 0 aromatic rings. The zero-order chi connectivity index (χ0) is 12.0.